The second-order valence-corrected chi connectivity index (χ2v) is 4.85. The van der Waals surface area contributed by atoms with Crippen molar-refractivity contribution in [3.8, 4) is 0 Å². The highest BCUT2D eigenvalue weighted by atomic mass is 79.9. The molecule has 0 aliphatic heterocycles. The van der Waals surface area contributed by atoms with Crippen molar-refractivity contribution in [3.05, 3.63) is 20.8 Å². The molecule has 0 aromatic carbocycles. The van der Waals surface area contributed by atoms with E-state index in [9.17, 15) is 0 Å². The average molecular weight is 232 g/mol. The van der Waals surface area contributed by atoms with Crippen LogP contribution >= 0.6 is 27.3 Å². The van der Waals surface area contributed by atoms with Crippen LogP contribution in [-0.4, -0.2) is 6.54 Å². The molecule has 1 aromatic heterocycles. The molecule has 1 nitrogen and oxygen atoms in total. The van der Waals surface area contributed by atoms with Crippen LogP contribution in [0.15, 0.2) is 15.9 Å². The molecule has 2 rings (SSSR count). The number of nitrogens with two attached hydrogens (primary N) is 1. The summed E-state index contributed by atoms with van der Waals surface area (Å²) in [6.45, 7) is 0.798. The Hall–Kier alpha value is 0.140. The number of halogens is 1. The lowest BCUT2D eigenvalue weighted by atomic mass is 10.1. The standard InChI is InChI=1S/C8H10BrNS/c9-6-1-4-11-7(6)8(5-10)2-3-8/h1,4H,2-3,5,10H2. The Kier molecular flexibility index (Phi) is 1.82. The first-order valence-electron chi connectivity index (χ1n) is 3.72. The number of thiophene rings is 1. The van der Waals surface area contributed by atoms with Crippen LogP contribution in [-0.2, 0) is 5.41 Å². The smallest absolute Gasteiger partial charge is 0.0320 e. The third kappa shape index (κ3) is 1.15. The van der Waals surface area contributed by atoms with E-state index in [1.807, 2.05) is 11.3 Å². The Bertz CT molecular complexity index is 265. The lowest BCUT2D eigenvalue weighted by molar-refractivity contribution is 0.717. The predicted molar refractivity (Wildman–Crippen MR) is 52.0 cm³/mol. The zero-order chi connectivity index (χ0) is 7.90. The van der Waals surface area contributed by atoms with Crippen molar-refractivity contribution in [2.24, 2.45) is 5.73 Å². The van der Waals surface area contributed by atoms with Gasteiger partial charge in [0.05, 0.1) is 0 Å². The van der Waals surface area contributed by atoms with Gasteiger partial charge in [0.15, 0.2) is 0 Å². The summed E-state index contributed by atoms with van der Waals surface area (Å²) in [5.74, 6) is 0. The lowest BCUT2D eigenvalue weighted by Crippen LogP contribution is -2.18. The highest BCUT2D eigenvalue weighted by Gasteiger charge is 2.44. The molecular formula is C8H10BrNS. The summed E-state index contributed by atoms with van der Waals surface area (Å²) in [7, 11) is 0. The molecule has 1 aliphatic carbocycles. The molecule has 60 valence electrons. The fraction of sp³-hybridized carbons (Fsp3) is 0.500. The van der Waals surface area contributed by atoms with Gasteiger partial charge >= 0.3 is 0 Å². The van der Waals surface area contributed by atoms with Gasteiger partial charge in [-0.1, -0.05) is 0 Å². The maximum absolute atomic E-state index is 5.71. The minimum absolute atomic E-state index is 0.354. The second kappa shape index (κ2) is 2.57. The van der Waals surface area contributed by atoms with Gasteiger partial charge in [-0.2, -0.15) is 0 Å². The molecule has 11 heavy (non-hydrogen) atoms. The van der Waals surface area contributed by atoms with Gasteiger partial charge in [0.25, 0.3) is 0 Å². The first-order chi connectivity index (χ1) is 5.28. The summed E-state index contributed by atoms with van der Waals surface area (Å²) < 4.78 is 1.24. The van der Waals surface area contributed by atoms with Crippen molar-refractivity contribution < 1.29 is 0 Å². The fourth-order valence-electron chi connectivity index (χ4n) is 1.35. The third-order valence-electron chi connectivity index (χ3n) is 2.34. The molecule has 1 aromatic rings. The largest absolute Gasteiger partial charge is 0.330 e. The van der Waals surface area contributed by atoms with Crippen LogP contribution < -0.4 is 5.73 Å². The maximum atomic E-state index is 5.71. The summed E-state index contributed by atoms with van der Waals surface area (Å²) in [4.78, 5) is 1.44. The lowest BCUT2D eigenvalue weighted by Gasteiger charge is -2.09. The Morgan fingerprint density at radius 3 is 2.73 bits per heavy atom. The zero-order valence-electron chi connectivity index (χ0n) is 6.14. The molecule has 0 amide bonds. The topological polar surface area (TPSA) is 26.0 Å². The normalized spacial score (nSPS) is 20.2. The van der Waals surface area contributed by atoms with E-state index in [1.165, 1.54) is 22.2 Å². The van der Waals surface area contributed by atoms with Crippen LogP contribution in [0.25, 0.3) is 0 Å². The summed E-state index contributed by atoms with van der Waals surface area (Å²) in [5, 5.41) is 2.12. The highest BCUT2D eigenvalue weighted by molar-refractivity contribution is 9.10. The van der Waals surface area contributed by atoms with Crippen LogP contribution in [0.2, 0.25) is 0 Å². The van der Waals surface area contributed by atoms with Gasteiger partial charge < -0.3 is 5.73 Å². The molecule has 1 fully saturated rings. The summed E-state index contributed by atoms with van der Waals surface area (Å²) in [6, 6.07) is 2.11. The predicted octanol–water partition coefficient (Wildman–Crippen LogP) is 2.50. The monoisotopic (exact) mass is 231 g/mol. The maximum Gasteiger partial charge on any atom is 0.0320 e. The van der Waals surface area contributed by atoms with Crippen LogP contribution in [0.5, 0.6) is 0 Å². The van der Waals surface area contributed by atoms with Crippen LogP contribution in [0, 0.1) is 0 Å². The first-order valence-corrected chi connectivity index (χ1v) is 5.39. The van der Waals surface area contributed by atoms with Crippen molar-refractivity contribution in [2.45, 2.75) is 18.3 Å². The Morgan fingerprint density at radius 1 is 1.64 bits per heavy atom. The van der Waals surface area contributed by atoms with E-state index in [1.54, 1.807) is 0 Å². The Labute approximate surface area is 78.7 Å². The molecule has 0 bridgehead atoms. The molecular weight excluding hydrogens is 222 g/mol. The molecule has 2 N–H and O–H groups in total. The van der Waals surface area contributed by atoms with E-state index in [4.69, 9.17) is 5.73 Å². The van der Waals surface area contributed by atoms with Crippen LogP contribution in [0.4, 0.5) is 0 Å². The molecule has 0 saturated heterocycles. The van der Waals surface area contributed by atoms with Gasteiger partial charge in [-0.3, -0.25) is 0 Å². The molecule has 0 unspecified atom stereocenters. The second-order valence-electron chi connectivity index (χ2n) is 3.08. The molecule has 3 heteroatoms. The summed E-state index contributed by atoms with van der Waals surface area (Å²) in [6.07, 6.45) is 2.53. The van der Waals surface area contributed by atoms with Crippen molar-refractivity contribution in [1.82, 2.24) is 0 Å². The zero-order valence-corrected chi connectivity index (χ0v) is 8.54. The summed E-state index contributed by atoms with van der Waals surface area (Å²) in [5.41, 5.74) is 6.07. The third-order valence-corrected chi connectivity index (χ3v) is 4.43. The molecule has 1 heterocycles. The molecule has 1 saturated carbocycles. The van der Waals surface area contributed by atoms with Gasteiger partial charge in [-0.15, -0.1) is 11.3 Å². The SMILES string of the molecule is NCC1(c2sccc2Br)CC1. The Balaban J connectivity index is 2.35. The van der Waals surface area contributed by atoms with Crippen molar-refractivity contribution in [1.29, 1.82) is 0 Å². The minimum Gasteiger partial charge on any atom is -0.330 e. The number of hydrogen-bond acceptors (Lipinski definition) is 2. The summed E-state index contributed by atoms with van der Waals surface area (Å²) >= 11 is 5.35. The van der Waals surface area contributed by atoms with E-state index in [0.29, 0.717) is 5.41 Å². The minimum atomic E-state index is 0.354. The van der Waals surface area contributed by atoms with E-state index in [0.717, 1.165) is 6.54 Å². The number of rotatable bonds is 2. The fourth-order valence-corrected chi connectivity index (χ4v) is 3.41. The number of hydrogen-bond donors (Lipinski definition) is 1. The van der Waals surface area contributed by atoms with E-state index < -0.39 is 0 Å². The van der Waals surface area contributed by atoms with Crippen LogP contribution in [0.3, 0.4) is 0 Å². The van der Waals surface area contributed by atoms with E-state index >= 15 is 0 Å². The van der Waals surface area contributed by atoms with Gasteiger partial charge in [-0.05, 0) is 40.2 Å². The highest BCUT2D eigenvalue weighted by Crippen LogP contribution is 2.51. The quantitative estimate of drug-likeness (QED) is 0.832. The van der Waals surface area contributed by atoms with Gasteiger partial charge in [0.1, 0.15) is 0 Å². The van der Waals surface area contributed by atoms with Crippen molar-refractivity contribution in [2.75, 3.05) is 6.54 Å². The average Bonchev–Trinajstić information content (AvgIpc) is 2.70. The molecule has 0 radical (unpaired) electrons. The van der Waals surface area contributed by atoms with Crippen molar-refractivity contribution >= 4 is 27.3 Å². The van der Waals surface area contributed by atoms with Crippen LogP contribution in [0.1, 0.15) is 17.7 Å². The van der Waals surface area contributed by atoms with E-state index in [-0.39, 0.29) is 0 Å². The van der Waals surface area contributed by atoms with Gasteiger partial charge in [-0.25, -0.2) is 0 Å². The molecule has 0 spiro atoms. The van der Waals surface area contributed by atoms with Gasteiger partial charge in [0.2, 0.25) is 0 Å². The first kappa shape index (κ1) is 7.77. The van der Waals surface area contributed by atoms with E-state index in [2.05, 4.69) is 27.4 Å². The van der Waals surface area contributed by atoms with Gasteiger partial charge in [0, 0.05) is 21.3 Å². The van der Waals surface area contributed by atoms with Crippen molar-refractivity contribution in [3.63, 3.8) is 0 Å². The Morgan fingerprint density at radius 2 is 2.36 bits per heavy atom. The molecule has 1 aliphatic rings. The molecule has 0 atom stereocenters.